The second-order valence-electron chi connectivity index (χ2n) is 6.86. The summed E-state index contributed by atoms with van der Waals surface area (Å²) in [5.74, 6) is -0.401. The summed E-state index contributed by atoms with van der Waals surface area (Å²) < 4.78 is 0.989. The quantitative estimate of drug-likeness (QED) is 0.403. The lowest BCUT2D eigenvalue weighted by Crippen LogP contribution is -2.33. The average Bonchev–Trinajstić information content (AvgIpc) is 3.07. The van der Waals surface area contributed by atoms with Gasteiger partial charge >= 0.3 is 0 Å². The number of anilines is 1. The largest absolute Gasteiger partial charge is 0.309 e. The van der Waals surface area contributed by atoms with Crippen molar-refractivity contribution in [1.82, 2.24) is 9.88 Å². The maximum Gasteiger partial charge on any atom is 0.282 e. The van der Waals surface area contributed by atoms with E-state index in [1.54, 1.807) is 17.0 Å². The van der Waals surface area contributed by atoms with Gasteiger partial charge in [0.25, 0.3) is 11.6 Å². The van der Waals surface area contributed by atoms with Crippen LogP contribution in [0, 0.1) is 17.0 Å². The summed E-state index contributed by atoms with van der Waals surface area (Å²) in [6.45, 7) is 3.23. The molecular formula is C20H23ClN4O3S. The first-order valence-corrected chi connectivity index (χ1v) is 9.75. The monoisotopic (exact) mass is 434 g/mol. The molecule has 29 heavy (non-hydrogen) atoms. The van der Waals surface area contributed by atoms with Crippen molar-refractivity contribution in [2.75, 3.05) is 32.1 Å². The number of aryl methyl sites for hydroxylation is 1. The van der Waals surface area contributed by atoms with Gasteiger partial charge in [0.05, 0.1) is 15.1 Å². The van der Waals surface area contributed by atoms with Crippen LogP contribution in [0.2, 0.25) is 0 Å². The SMILES string of the molecule is Cc1ccc2nc(N(CCCN(C)C)C(=O)c3ccccc3[N+](=O)[O-])sc2c1.Cl. The van der Waals surface area contributed by atoms with E-state index in [2.05, 4.69) is 4.98 Å². The molecule has 1 amide bonds. The van der Waals surface area contributed by atoms with Crippen LogP contribution < -0.4 is 4.90 Å². The van der Waals surface area contributed by atoms with Crippen molar-refractivity contribution in [3.05, 3.63) is 63.7 Å². The number of hydrogen-bond acceptors (Lipinski definition) is 6. The van der Waals surface area contributed by atoms with E-state index < -0.39 is 10.8 Å². The summed E-state index contributed by atoms with van der Waals surface area (Å²) in [5.41, 5.74) is 1.82. The minimum Gasteiger partial charge on any atom is -0.309 e. The Labute approximate surface area is 179 Å². The summed E-state index contributed by atoms with van der Waals surface area (Å²) in [4.78, 5) is 32.3. The Hall–Kier alpha value is -2.55. The molecule has 154 valence electrons. The van der Waals surface area contributed by atoms with E-state index in [1.165, 1.54) is 23.5 Å². The number of halogens is 1. The number of rotatable bonds is 7. The molecule has 0 N–H and O–H groups in total. The maximum atomic E-state index is 13.3. The van der Waals surface area contributed by atoms with E-state index in [-0.39, 0.29) is 23.7 Å². The van der Waals surface area contributed by atoms with E-state index in [0.29, 0.717) is 11.7 Å². The van der Waals surface area contributed by atoms with E-state index in [4.69, 9.17) is 0 Å². The predicted octanol–water partition coefficient (Wildman–Crippen LogP) is 4.53. The molecule has 0 bridgehead atoms. The minimum atomic E-state index is -0.521. The molecule has 1 aromatic heterocycles. The molecule has 7 nitrogen and oxygen atoms in total. The first-order valence-electron chi connectivity index (χ1n) is 8.94. The number of carbonyl (C=O) groups is 1. The van der Waals surface area contributed by atoms with Crippen LogP contribution in [-0.4, -0.2) is 47.9 Å². The van der Waals surface area contributed by atoms with Gasteiger partial charge in [-0.3, -0.25) is 19.8 Å². The smallest absolute Gasteiger partial charge is 0.282 e. The van der Waals surface area contributed by atoms with Crippen molar-refractivity contribution in [1.29, 1.82) is 0 Å². The Morgan fingerprint density at radius 1 is 1.17 bits per heavy atom. The van der Waals surface area contributed by atoms with Gasteiger partial charge in [-0.1, -0.05) is 29.5 Å². The third kappa shape index (κ3) is 5.29. The highest BCUT2D eigenvalue weighted by Gasteiger charge is 2.27. The number of para-hydroxylation sites is 1. The molecule has 0 atom stereocenters. The first kappa shape index (κ1) is 22.7. The molecule has 0 aliphatic rings. The topological polar surface area (TPSA) is 79.6 Å². The standard InChI is InChI=1S/C20H22N4O3S.ClH/c1-14-9-10-16-18(13-14)28-20(21-16)23(12-6-11-22(2)3)19(25)15-7-4-5-8-17(15)24(26)27;/h4-5,7-10,13H,6,11-12H2,1-3H3;1H. The van der Waals surface area contributed by atoms with Crippen LogP contribution in [-0.2, 0) is 0 Å². The van der Waals surface area contributed by atoms with E-state index in [1.807, 2.05) is 44.1 Å². The molecule has 0 fully saturated rings. The summed E-state index contributed by atoms with van der Waals surface area (Å²) in [5, 5.41) is 11.9. The fraction of sp³-hybridized carbons (Fsp3) is 0.300. The molecule has 9 heteroatoms. The minimum absolute atomic E-state index is 0. The second kappa shape index (κ2) is 9.78. The molecular weight excluding hydrogens is 412 g/mol. The number of aromatic nitrogens is 1. The van der Waals surface area contributed by atoms with Crippen molar-refractivity contribution >= 4 is 50.7 Å². The van der Waals surface area contributed by atoms with Gasteiger partial charge in [0, 0.05) is 12.6 Å². The number of carbonyl (C=O) groups excluding carboxylic acids is 1. The van der Waals surface area contributed by atoms with Crippen molar-refractivity contribution < 1.29 is 9.72 Å². The summed E-state index contributed by atoms with van der Waals surface area (Å²) in [6.07, 6.45) is 0.730. The Bertz CT molecular complexity index is 1020. The second-order valence-corrected chi connectivity index (χ2v) is 7.86. The highest BCUT2D eigenvalue weighted by atomic mass is 35.5. The fourth-order valence-corrected chi connectivity index (χ4v) is 4.01. The Balaban J connectivity index is 0.00000300. The van der Waals surface area contributed by atoms with Crippen LogP contribution >= 0.6 is 23.7 Å². The Morgan fingerprint density at radius 2 is 1.90 bits per heavy atom. The van der Waals surface area contributed by atoms with Crippen LogP contribution in [0.4, 0.5) is 10.8 Å². The lowest BCUT2D eigenvalue weighted by atomic mass is 10.1. The lowest BCUT2D eigenvalue weighted by molar-refractivity contribution is -0.385. The molecule has 0 saturated carbocycles. The van der Waals surface area contributed by atoms with Crippen LogP contribution in [0.3, 0.4) is 0 Å². The number of hydrogen-bond donors (Lipinski definition) is 0. The zero-order valence-electron chi connectivity index (χ0n) is 16.5. The molecule has 1 heterocycles. The third-order valence-corrected chi connectivity index (χ3v) is 5.37. The van der Waals surface area contributed by atoms with Crippen molar-refractivity contribution in [2.24, 2.45) is 0 Å². The van der Waals surface area contributed by atoms with Crippen LogP contribution in [0.15, 0.2) is 42.5 Å². The molecule has 0 spiro atoms. The number of thiazole rings is 1. The fourth-order valence-electron chi connectivity index (χ4n) is 2.92. The molecule has 3 aromatic rings. The molecule has 0 unspecified atom stereocenters. The number of nitro benzene ring substituents is 1. The van der Waals surface area contributed by atoms with Crippen molar-refractivity contribution in [3.8, 4) is 0 Å². The predicted molar refractivity (Wildman–Crippen MR) is 120 cm³/mol. The summed E-state index contributed by atoms with van der Waals surface area (Å²) >= 11 is 1.43. The van der Waals surface area contributed by atoms with Crippen molar-refractivity contribution in [2.45, 2.75) is 13.3 Å². The van der Waals surface area contributed by atoms with Gasteiger partial charge in [0.1, 0.15) is 5.56 Å². The molecule has 0 saturated heterocycles. The highest BCUT2D eigenvalue weighted by molar-refractivity contribution is 7.22. The average molecular weight is 435 g/mol. The number of benzene rings is 2. The molecule has 3 rings (SSSR count). The summed E-state index contributed by atoms with van der Waals surface area (Å²) in [7, 11) is 3.93. The maximum absolute atomic E-state index is 13.3. The first-order chi connectivity index (χ1) is 13.4. The zero-order chi connectivity index (χ0) is 20.3. The molecule has 2 aromatic carbocycles. The molecule has 0 aliphatic carbocycles. The van der Waals surface area contributed by atoms with Gasteiger partial charge in [0.15, 0.2) is 5.13 Å². The molecule has 0 radical (unpaired) electrons. The van der Waals surface area contributed by atoms with Gasteiger partial charge in [-0.05, 0) is 57.7 Å². The number of nitrogens with zero attached hydrogens (tertiary/aromatic N) is 4. The third-order valence-electron chi connectivity index (χ3n) is 4.33. The van der Waals surface area contributed by atoms with Crippen LogP contribution in [0.5, 0.6) is 0 Å². The Kier molecular flexibility index (Phi) is 7.66. The normalized spacial score (nSPS) is 10.8. The van der Waals surface area contributed by atoms with Crippen LogP contribution in [0.1, 0.15) is 22.3 Å². The van der Waals surface area contributed by atoms with E-state index in [0.717, 1.165) is 28.7 Å². The Morgan fingerprint density at radius 3 is 2.59 bits per heavy atom. The number of amides is 1. The van der Waals surface area contributed by atoms with Gasteiger partial charge in [-0.15, -0.1) is 12.4 Å². The number of fused-ring (bicyclic) bond motifs is 1. The van der Waals surface area contributed by atoms with E-state index in [9.17, 15) is 14.9 Å². The van der Waals surface area contributed by atoms with Gasteiger partial charge in [-0.25, -0.2) is 4.98 Å². The van der Waals surface area contributed by atoms with Gasteiger partial charge in [-0.2, -0.15) is 0 Å². The van der Waals surface area contributed by atoms with Gasteiger partial charge < -0.3 is 4.90 Å². The van der Waals surface area contributed by atoms with Crippen LogP contribution in [0.25, 0.3) is 10.2 Å². The zero-order valence-corrected chi connectivity index (χ0v) is 18.1. The van der Waals surface area contributed by atoms with E-state index >= 15 is 0 Å². The van der Waals surface area contributed by atoms with Gasteiger partial charge in [0.2, 0.25) is 0 Å². The summed E-state index contributed by atoms with van der Waals surface area (Å²) in [6, 6.07) is 12.0. The lowest BCUT2D eigenvalue weighted by Gasteiger charge is -2.21. The highest BCUT2D eigenvalue weighted by Crippen LogP contribution is 2.31. The number of nitro groups is 1. The van der Waals surface area contributed by atoms with Crippen molar-refractivity contribution in [3.63, 3.8) is 0 Å². The molecule has 0 aliphatic heterocycles.